The molecule has 5 rings (SSSR count). The predicted molar refractivity (Wildman–Crippen MR) is 125 cm³/mol. The minimum atomic E-state index is -0.102. The van der Waals surface area contributed by atoms with Gasteiger partial charge in [-0.3, -0.25) is 4.79 Å². The van der Waals surface area contributed by atoms with Gasteiger partial charge in [-0.05, 0) is 84.0 Å². The summed E-state index contributed by atoms with van der Waals surface area (Å²) in [5.41, 5.74) is 8.15. The first-order chi connectivity index (χ1) is 15.0. The van der Waals surface area contributed by atoms with Gasteiger partial charge in [0, 0.05) is 17.1 Å². The molecule has 0 aromatic heterocycles. The fraction of sp³-hybridized carbons (Fsp3) is 0.222. The molecule has 0 saturated heterocycles. The summed E-state index contributed by atoms with van der Waals surface area (Å²) in [6.07, 6.45) is 1.68. The molecule has 31 heavy (non-hydrogen) atoms. The monoisotopic (exact) mass is 429 g/mol. The summed E-state index contributed by atoms with van der Waals surface area (Å²) in [4.78, 5) is 15.6. The predicted octanol–water partition coefficient (Wildman–Crippen LogP) is 6.25. The van der Waals surface area contributed by atoms with Crippen molar-refractivity contribution in [1.29, 1.82) is 0 Å². The second kappa shape index (κ2) is 7.90. The largest absolute Gasteiger partial charge is 0.497 e. The van der Waals surface area contributed by atoms with Crippen molar-refractivity contribution in [3.05, 3.63) is 105 Å². The Hall–Kier alpha value is -3.04. The Morgan fingerprint density at radius 2 is 1.77 bits per heavy atom. The van der Waals surface area contributed by atoms with Gasteiger partial charge in [0.25, 0.3) is 5.91 Å². The molecule has 0 fully saturated rings. The number of ether oxygens (including phenoxy) is 1. The summed E-state index contributed by atoms with van der Waals surface area (Å²) in [5.74, 6) is 0.882. The average Bonchev–Trinajstić information content (AvgIpc) is 3.16. The smallest absolute Gasteiger partial charge is 0.254 e. The van der Waals surface area contributed by atoms with Crippen molar-refractivity contribution < 1.29 is 9.53 Å². The Morgan fingerprint density at radius 3 is 2.48 bits per heavy atom. The number of carbonyl (C=O) groups is 1. The Morgan fingerprint density at radius 1 is 1.03 bits per heavy atom. The van der Waals surface area contributed by atoms with Crippen molar-refractivity contribution >= 4 is 23.1 Å². The molecule has 3 aromatic rings. The lowest BCUT2D eigenvalue weighted by Crippen LogP contribution is -2.39. The van der Waals surface area contributed by atoms with E-state index in [0.717, 1.165) is 40.3 Å². The van der Waals surface area contributed by atoms with E-state index in [4.69, 9.17) is 16.3 Å². The number of fused-ring (bicyclic) bond motifs is 2. The van der Waals surface area contributed by atoms with E-state index in [1.807, 2.05) is 54.3 Å². The van der Waals surface area contributed by atoms with E-state index in [-0.39, 0.29) is 11.9 Å². The molecule has 1 atom stereocenters. The summed E-state index contributed by atoms with van der Waals surface area (Å²) in [6.45, 7) is 2.71. The van der Waals surface area contributed by atoms with Gasteiger partial charge in [-0.1, -0.05) is 47.5 Å². The molecular weight excluding hydrogens is 406 g/mol. The second-order valence-corrected chi connectivity index (χ2v) is 8.71. The van der Waals surface area contributed by atoms with Crippen molar-refractivity contribution in [2.75, 3.05) is 13.7 Å². The molecule has 3 aromatic carbocycles. The van der Waals surface area contributed by atoms with E-state index in [1.54, 1.807) is 7.11 Å². The Balaban J connectivity index is 1.60. The summed E-state index contributed by atoms with van der Waals surface area (Å²) in [5, 5.41) is 0.756. The molecule has 4 heteroatoms. The Bertz CT molecular complexity index is 1180. The number of benzene rings is 3. The molecular formula is C27H24ClNO2. The number of halogens is 1. The zero-order chi connectivity index (χ0) is 21.5. The lowest BCUT2D eigenvalue weighted by atomic mass is 9.87. The van der Waals surface area contributed by atoms with Crippen LogP contribution in [0, 0.1) is 6.92 Å². The first kappa shape index (κ1) is 19.9. The van der Waals surface area contributed by atoms with Crippen LogP contribution >= 0.6 is 11.6 Å². The Labute approximate surface area is 187 Å². The number of hydrogen-bond acceptors (Lipinski definition) is 2. The molecule has 1 aliphatic carbocycles. The molecule has 1 unspecified atom stereocenters. The molecule has 1 amide bonds. The van der Waals surface area contributed by atoms with E-state index < -0.39 is 0 Å². The molecule has 1 heterocycles. The average molecular weight is 430 g/mol. The highest BCUT2D eigenvalue weighted by Crippen LogP contribution is 2.47. The van der Waals surface area contributed by atoms with E-state index in [2.05, 4.69) is 24.3 Å². The van der Waals surface area contributed by atoms with Crippen LogP contribution in [0.2, 0.25) is 5.02 Å². The Kier molecular flexibility index (Phi) is 5.07. The minimum Gasteiger partial charge on any atom is -0.497 e. The van der Waals surface area contributed by atoms with Crippen LogP contribution in [-0.4, -0.2) is 24.5 Å². The fourth-order valence-electron chi connectivity index (χ4n) is 4.82. The molecule has 156 valence electrons. The third-order valence-electron chi connectivity index (χ3n) is 6.40. The highest BCUT2D eigenvalue weighted by atomic mass is 35.5. The highest BCUT2D eigenvalue weighted by Gasteiger charge is 2.38. The van der Waals surface area contributed by atoms with E-state index in [0.29, 0.717) is 6.54 Å². The number of aryl methyl sites for hydroxylation is 1. The van der Waals surface area contributed by atoms with Crippen LogP contribution in [0.1, 0.15) is 45.1 Å². The number of amides is 1. The summed E-state index contributed by atoms with van der Waals surface area (Å²) >= 11 is 6.31. The molecule has 0 saturated carbocycles. The maximum absolute atomic E-state index is 13.6. The number of methoxy groups -OCH3 is 1. The van der Waals surface area contributed by atoms with Crippen molar-refractivity contribution in [3.63, 3.8) is 0 Å². The van der Waals surface area contributed by atoms with Crippen LogP contribution in [0.15, 0.2) is 72.3 Å². The first-order valence-corrected chi connectivity index (χ1v) is 11.0. The van der Waals surface area contributed by atoms with Crippen LogP contribution in [0.3, 0.4) is 0 Å². The molecule has 3 nitrogen and oxygen atoms in total. The van der Waals surface area contributed by atoms with Gasteiger partial charge in [-0.15, -0.1) is 0 Å². The van der Waals surface area contributed by atoms with Crippen LogP contribution in [0.5, 0.6) is 5.75 Å². The normalized spacial score (nSPS) is 17.4. The molecule has 2 aliphatic rings. The van der Waals surface area contributed by atoms with Gasteiger partial charge in [0.15, 0.2) is 0 Å². The highest BCUT2D eigenvalue weighted by molar-refractivity contribution is 6.30. The van der Waals surface area contributed by atoms with Crippen molar-refractivity contribution in [1.82, 2.24) is 4.90 Å². The van der Waals surface area contributed by atoms with Crippen LogP contribution in [-0.2, 0) is 6.42 Å². The first-order valence-electron chi connectivity index (χ1n) is 10.6. The lowest BCUT2D eigenvalue weighted by molar-refractivity contribution is 0.0698. The van der Waals surface area contributed by atoms with Crippen LogP contribution in [0.25, 0.3) is 5.57 Å². The molecule has 0 spiro atoms. The van der Waals surface area contributed by atoms with E-state index in [9.17, 15) is 4.79 Å². The minimum absolute atomic E-state index is 0.0707. The summed E-state index contributed by atoms with van der Waals surface area (Å²) in [7, 11) is 1.67. The van der Waals surface area contributed by atoms with Gasteiger partial charge in [0.05, 0.1) is 13.2 Å². The van der Waals surface area contributed by atoms with E-state index in [1.165, 1.54) is 22.3 Å². The number of hydrogen-bond donors (Lipinski definition) is 0. The number of rotatable bonds is 3. The number of carbonyl (C=O) groups excluding carboxylic acids is 1. The van der Waals surface area contributed by atoms with Crippen molar-refractivity contribution in [2.45, 2.75) is 25.8 Å². The quantitative estimate of drug-likeness (QED) is 0.492. The van der Waals surface area contributed by atoms with Gasteiger partial charge in [0.2, 0.25) is 0 Å². The summed E-state index contributed by atoms with van der Waals surface area (Å²) in [6, 6.07) is 22.0. The van der Waals surface area contributed by atoms with E-state index >= 15 is 0 Å². The van der Waals surface area contributed by atoms with Crippen LogP contribution < -0.4 is 4.74 Å². The molecule has 0 N–H and O–H groups in total. The zero-order valence-electron chi connectivity index (χ0n) is 17.7. The third kappa shape index (κ3) is 3.53. The fourth-order valence-corrected chi connectivity index (χ4v) is 5.00. The van der Waals surface area contributed by atoms with Gasteiger partial charge in [-0.25, -0.2) is 0 Å². The van der Waals surface area contributed by atoms with Gasteiger partial charge < -0.3 is 9.64 Å². The third-order valence-corrected chi connectivity index (χ3v) is 6.64. The van der Waals surface area contributed by atoms with Crippen molar-refractivity contribution in [3.8, 4) is 5.75 Å². The maximum Gasteiger partial charge on any atom is 0.254 e. The SMILES string of the molecule is COc1ccc(C2C3=C(CCN2C(=O)c2ccc(C)cc2)c2cc(Cl)ccc2C3)cc1. The molecule has 0 bridgehead atoms. The molecule has 1 aliphatic heterocycles. The van der Waals surface area contributed by atoms with Gasteiger partial charge in [0.1, 0.15) is 5.75 Å². The lowest BCUT2D eigenvalue weighted by Gasteiger charge is -2.38. The standard InChI is InChI=1S/C27H24ClNO2/c1-17-3-5-19(6-4-17)27(30)29-14-13-23-24-16-21(28)10-7-20(24)15-25(23)26(29)18-8-11-22(31-2)12-9-18/h3-12,16,26H,13-15H2,1-2H3. The summed E-state index contributed by atoms with van der Waals surface area (Å²) < 4.78 is 5.35. The zero-order valence-corrected chi connectivity index (χ0v) is 18.4. The van der Waals surface area contributed by atoms with Gasteiger partial charge in [-0.2, -0.15) is 0 Å². The molecule has 0 radical (unpaired) electrons. The van der Waals surface area contributed by atoms with Crippen molar-refractivity contribution in [2.24, 2.45) is 0 Å². The second-order valence-electron chi connectivity index (χ2n) is 8.27. The van der Waals surface area contributed by atoms with Gasteiger partial charge >= 0.3 is 0 Å². The number of nitrogens with zero attached hydrogens (tertiary/aromatic N) is 1. The topological polar surface area (TPSA) is 29.5 Å². The van der Waals surface area contributed by atoms with Crippen LogP contribution in [0.4, 0.5) is 0 Å². The maximum atomic E-state index is 13.6.